The second-order valence-corrected chi connectivity index (χ2v) is 11.3. The normalized spacial score (nSPS) is 14.9. The Labute approximate surface area is 89.6 Å². The molecule has 1 atom stereocenters. The Balaban J connectivity index is 4.65. The maximum atomic E-state index is 11.1. The Hall–Kier alpha value is -0.373. The molecule has 0 saturated carbocycles. The summed E-state index contributed by atoms with van der Waals surface area (Å²) in [4.78, 5) is 11.1. The molecular formula is C12H24OSi. The Kier molecular flexibility index (Phi) is 4.79. The van der Waals surface area contributed by atoms with Gasteiger partial charge in [-0.2, -0.15) is 0 Å². The number of carbonyl (C=O) groups excluding carboxylic acids is 1. The fourth-order valence-corrected chi connectivity index (χ4v) is 3.79. The standard InChI is InChI=1S/C12H24OSi/c1-7-8-9-11(10-13)14(5,6)12(2,3)4/h7,10-11H,1,8-9H2,2-6H3/t11-/m0/s1. The summed E-state index contributed by atoms with van der Waals surface area (Å²) in [5.74, 6) is 0. The first kappa shape index (κ1) is 13.6. The van der Waals surface area contributed by atoms with E-state index >= 15 is 0 Å². The van der Waals surface area contributed by atoms with Crippen LogP contribution in [0, 0.1) is 0 Å². The average molecular weight is 212 g/mol. The van der Waals surface area contributed by atoms with Gasteiger partial charge in [0, 0.05) is 5.54 Å². The summed E-state index contributed by atoms with van der Waals surface area (Å²) in [6.07, 6.45) is 5.00. The third kappa shape index (κ3) is 3.09. The summed E-state index contributed by atoms with van der Waals surface area (Å²) in [6, 6.07) is 0. The largest absolute Gasteiger partial charge is 0.303 e. The lowest BCUT2D eigenvalue weighted by atomic mass is 10.2. The van der Waals surface area contributed by atoms with Crippen LogP contribution >= 0.6 is 0 Å². The molecule has 0 aromatic rings. The maximum Gasteiger partial charge on any atom is 0.120 e. The molecular weight excluding hydrogens is 188 g/mol. The molecule has 0 radical (unpaired) electrons. The van der Waals surface area contributed by atoms with Crippen LogP contribution in [0.3, 0.4) is 0 Å². The topological polar surface area (TPSA) is 17.1 Å². The van der Waals surface area contributed by atoms with Crippen LogP contribution in [0.4, 0.5) is 0 Å². The molecule has 0 aromatic carbocycles. The minimum Gasteiger partial charge on any atom is -0.303 e. The predicted molar refractivity (Wildman–Crippen MR) is 66.4 cm³/mol. The van der Waals surface area contributed by atoms with E-state index in [1.807, 2.05) is 6.08 Å². The van der Waals surface area contributed by atoms with Gasteiger partial charge >= 0.3 is 0 Å². The van der Waals surface area contributed by atoms with Crippen LogP contribution in [0.2, 0.25) is 23.7 Å². The van der Waals surface area contributed by atoms with Crippen LogP contribution in [-0.4, -0.2) is 14.4 Å². The van der Waals surface area contributed by atoms with Crippen LogP contribution in [0.15, 0.2) is 12.7 Å². The molecule has 0 unspecified atom stereocenters. The van der Waals surface area contributed by atoms with E-state index in [-0.39, 0.29) is 5.54 Å². The molecule has 0 N–H and O–H groups in total. The quantitative estimate of drug-likeness (QED) is 0.382. The zero-order valence-corrected chi connectivity index (χ0v) is 11.3. The highest BCUT2D eigenvalue weighted by atomic mass is 28.3. The minimum atomic E-state index is -1.49. The number of rotatable bonds is 5. The van der Waals surface area contributed by atoms with Gasteiger partial charge in [-0.25, -0.2) is 0 Å². The third-order valence-corrected chi connectivity index (χ3v) is 9.85. The van der Waals surface area contributed by atoms with Crippen molar-refractivity contribution in [2.45, 2.75) is 57.3 Å². The highest BCUT2D eigenvalue weighted by Crippen LogP contribution is 2.44. The molecule has 2 heteroatoms. The van der Waals surface area contributed by atoms with Crippen LogP contribution in [-0.2, 0) is 4.79 Å². The Morgan fingerprint density at radius 2 is 1.86 bits per heavy atom. The summed E-state index contributed by atoms with van der Waals surface area (Å²) < 4.78 is 0. The molecule has 0 saturated heterocycles. The maximum absolute atomic E-state index is 11.1. The van der Waals surface area contributed by atoms with E-state index in [0.29, 0.717) is 5.04 Å². The van der Waals surface area contributed by atoms with Crippen molar-refractivity contribution in [2.75, 3.05) is 0 Å². The second-order valence-electron chi connectivity index (χ2n) is 5.58. The molecule has 0 rings (SSSR count). The van der Waals surface area contributed by atoms with Crippen molar-refractivity contribution in [3.63, 3.8) is 0 Å². The zero-order valence-electron chi connectivity index (χ0n) is 10.3. The fraction of sp³-hybridized carbons (Fsp3) is 0.750. The molecule has 0 spiro atoms. The molecule has 0 fully saturated rings. The molecule has 0 aliphatic rings. The van der Waals surface area contributed by atoms with Gasteiger partial charge in [0.2, 0.25) is 0 Å². The molecule has 0 amide bonds. The lowest BCUT2D eigenvalue weighted by molar-refractivity contribution is -0.108. The summed E-state index contributed by atoms with van der Waals surface area (Å²) in [7, 11) is -1.49. The van der Waals surface area contributed by atoms with Crippen LogP contribution in [0.25, 0.3) is 0 Å². The molecule has 0 heterocycles. The van der Waals surface area contributed by atoms with Gasteiger partial charge in [0.1, 0.15) is 6.29 Å². The van der Waals surface area contributed by atoms with Gasteiger partial charge in [-0.3, -0.25) is 0 Å². The zero-order chi connectivity index (χ0) is 11.4. The molecule has 14 heavy (non-hydrogen) atoms. The highest BCUT2D eigenvalue weighted by Gasteiger charge is 2.41. The van der Waals surface area contributed by atoms with Crippen molar-refractivity contribution >= 4 is 14.4 Å². The van der Waals surface area contributed by atoms with E-state index < -0.39 is 8.07 Å². The number of hydrogen-bond acceptors (Lipinski definition) is 1. The number of hydrogen-bond donors (Lipinski definition) is 0. The molecule has 0 aliphatic heterocycles. The summed E-state index contributed by atoms with van der Waals surface area (Å²) in [6.45, 7) is 15.1. The summed E-state index contributed by atoms with van der Waals surface area (Å²) >= 11 is 0. The predicted octanol–water partition coefficient (Wildman–Crippen LogP) is 4.03. The van der Waals surface area contributed by atoms with Gasteiger partial charge in [0.05, 0.1) is 8.07 Å². The molecule has 82 valence electrons. The van der Waals surface area contributed by atoms with Gasteiger partial charge in [0.25, 0.3) is 0 Å². The number of carbonyl (C=O) groups is 1. The van der Waals surface area contributed by atoms with Gasteiger partial charge < -0.3 is 4.79 Å². The SMILES string of the molecule is C=CCC[C@@H](C=O)[Si](C)(C)C(C)(C)C. The van der Waals surface area contributed by atoms with Crippen LogP contribution in [0.5, 0.6) is 0 Å². The smallest absolute Gasteiger partial charge is 0.120 e. The van der Waals surface area contributed by atoms with E-state index in [0.717, 1.165) is 12.8 Å². The van der Waals surface area contributed by atoms with E-state index in [4.69, 9.17) is 0 Å². The van der Waals surface area contributed by atoms with Gasteiger partial charge in [-0.05, 0) is 17.9 Å². The number of aldehydes is 1. The average Bonchev–Trinajstić information content (AvgIpc) is 2.03. The first-order chi connectivity index (χ1) is 6.27. The first-order valence-electron chi connectivity index (χ1n) is 5.33. The molecule has 0 aromatic heterocycles. The monoisotopic (exact) mass is 212 g/mol. The molecule has 0 aliphatic carbocycles. The van der Waals surface area contributed by atoms with E-state index in [1.165, 1.54) is 6.29 Å². The van der Waals surface area contributed by atoms with Crippen molar-refractivity contribution in [1.82, 2.24) is 0 Å². The molecule has 1 nitrogen and oxygen atoms in total. The van der Waals surface area contributed by atoms with Crippen molar-refractivity contribution in [1.29, 1.82) is 0 Å². The minimum absolute atomic E-state index is 0.264. The Morgan fingerprint density at radius 1 is 1.36 bits per heavy atom. The van der Waals surface area contributed by atoms with E-state index in [1.54, 1.807) is 0 Å². The summed E-state index contributed by atoms with van der Waals surface area (Å²) in [5.41, 5.74) is 0.264. The lowest BCUT2D eigenvalue weighted by Crippen LogP contribution is -2.42. The van der Waals surface area contributed by atoms with Gasteiger partial charge in [0.15, 0.2) is 0 Å². The summed E-state index contributed by atoms with van der Waals surface area (Å²) in [5, 5.41) is 0.291. The molecule has 0 bridgehead atoms. The first-order valence-corrected chi connectivity index (χ1v) is 8.41. The third-order valence-electron chi connectivity index (χ3n) is 3.71. The van der Waals surface area contributed by atoms with Gasteiger partial charge in [-0.1, -0.05) is 39.9 Å². The fourth-order valence-electron chi connectivity index (χ4n) is 1.45. The Morgan fingerprint density at radius 3 is 2.14 bits per heavy atom. The number of allylic oxidation sites excluding steroid dienone is 1. The van der Waals surface area contributed by atoms with Crippen molar-refractivity contribution in [2.24, 2.45) is 0 Å². The van der Waals surface area contributed by atoms with Crippen molar-refractivity contribution in [3.05, 3.63) is 12.7 Å². The van der Waals surface area contributed by atoms with E-state index in [2.05, 4.69) is 40.4 Å². The van der Waals surface area contributed by atoms with Crippen LogP contribution in [0.1, 0.15) is 33.6 Å². The van der Waals surface area contributed by atoms with Crippen LogP contribution < -0.4 is 0 Å². The van der Waals surface area contributed by atoms with Crippen molar-refractivity contribution < 1.29 is 4.79 Å². The lowest BCUT2D eigenvalue weighted by Gasteiger charge is -2.41. The van der Waals surface area contributed by atoms with Crippen molar-refractivity contribution in [3.8, 4) is 0 Å². The second kappa shape index (κ2) is 4.92. The Bertz CT molecular complexity index is 201. The van der Waals surface area contributed by atoms with E-state index in [9.17, 15) is 4.79 Å². The van der Waals surface area contributed by atoms with Gasteiger partial charge in [-0.15, -0.1) is 6.58 Å². The highest BCUT2D eigenvalue weighted by molar-refractivity contribution is 6.83.